The van der Waals surface area contributed by atoms with Crippen LogP contribution in [0.1, 0.15) is 15.9 Å². The van der Waals surface area contributed by atoms with Crippen LogP contribution in [0.25, 0.3) is 0 Å². The smallest absolute Gasteiger partial charge is 0.251 e. The van der Waals surface area contributed by atoms with Gasteiger partial charge in [0.05, 0.1) is 4.90 Å². The summed E-state index contributed by atoms with van der Waals surface area (Å²) in [6.07, 6.45) is 0.302. The minimum Gasteiger partial charge on any atom is -0.340 e. The summed E-state index contributed by atoms with van der Waals surface area (Å²) in [5.41, 5.74) is 1.73. The number of carbonyl (C=O) groups excluding carboxylic acids is 2. The lowest BCUT2D eigenvalue weighted by Gasteiger charge is -2.19. The molecule has 3 aromatic carbocycles. The number of anilines is 1. The molecule has 0 spiro atoms. The summed E-state index contributed by atoms with van der Waals surface area (Å²) in [4.78, 5) is 25.7. The van der Waals surface area contributed by atoms with E-state index in [1.165, 1.54) is 12.1 Å². The molecular weight excluding hydrogens is 388 g/mol. The Hall–Kier alpha value is -3.29. The van der Waals surface area contributed by atoms with Gasteiger partial charge in [-0.2, -0.15) is 0 Å². The average Bonchev–Trinajstić information content (AvgIpc) is 2.74. The molecular formula is C22H20N2O4S. The van der Waals surface area contributed by atoms with E-state index in [2.05, 4.69) is 10.6 Å². The predicted molar refractivity (Wildman–Crippen MR) is 112 cm³/mol. The quantitative estimate of drug-likeness (QED) is 0.523. The Balaban J connectivity index is 1.79. The Labute approximate surface area is 171 Å². The lowest BCUT2D eigenvalue weighted by atomic mass is 10.0. The molecule has 3 N–H and O–H groups in total. The second-order valence-corrected chi connectivity index (χ2v) is 7.32. The van der Waals surface area contributed by atoms with Crippen LogP contribution in [0.2, 0.25) is 0 Å². The zero-order valence-corrected chi connectivity index (χ0v) is 16.3. The van der Waals surface area contributed by atoms with Gasteiger partial charge in [0.2, 0.25) is 5.91 Å². The van der Waals surface area contributed by atoms with Crippen molar-refractivity contribution in [1.29, 1.82) is 0 Å². The molecule has 148 valence electrons. The van der Waals surface area contributed by atoms with Crippen molar-refractivity contribution in [3.8, 4) is 0 Å². The van der Waals surface area contributed by atoms with Crippen molar-refractivity contribution >= 4 is 28.6 Å². The van der Waals surface area contributed by atoms with E-state index in [1.807, 2.05) is 36.4 Å². The third-order valence-electron chi connectivity index (χ3n) is 4.24. The first-order valence-corrected chi connectivity index (χ1v) is 10.1. The average molecular weight is 408 g/mol. The van der Waals surface area contributed by atoms with Gasteiger partial charge in [0.1, 0.15) is 6.04 Å². The van der Waals surface area contributed by atoms with Crippen LogP contribution in [0.15, 0.2) is 89.8 Å². The normalized spacial score (nSPS) is 12.6. The zero-order chi connectivity index (χ0) is 20.6. The number of rotatable bonds is 7. The van der Waals surface area contributed by atoms with Gasteiger partial charge in [-0.05, 0) is 35.9 Å². The summed E-state index contributed by atoms with van der Waals surface area (Å²) >= 11 is -2.15. The molecule has 0 aromatic heterocycles. The van der Waals surface area contributed by atoms with Gasteiger partial charge in [-0.15, -0.1) is 0 Å². The molecule has 0 aliphatic carbocycles. The Morgan fingerprint density at radius 3 is 2.21 bits per heavy atom. The molecule has 0 radical (unpaired) electrons. The van der Waals surface area contributed by atoms with E-state index in [0.29, 0.717) is 17.7 Å². The lowest BCUT2D eigenvalue weighted by molar-refractivity contribution is -0.118. The van der Waals surface area contributed by atoms with Gasteiger partial charge < -0.3 is 15.2 Å². The van der Waals surface area contributed by atoms with Crippen LogP contribution in [0.3, 0.4) is 0 Å². The summed E-state index contributed by atoms with van der Waals surface area (Å²) in [5.74, 6) is -0.772. The minimum absolute atomic E-state index is 0.177. The summed E-state index contributed by atoms with van der Waals surface area (Å²) in [7, 11) is 0. The van der Waals surface area contributed by atoms with Crippen LogP contribution in [-0.4, -0.2) is 26.6 Å². The van der Waals surface area contributed by atoms with Crippen LogP contribution in [0.4, 0.5) is 5.69 Å². The summed E-state index contributed by atoms with van der Waals surface area (Å²) < 4.78 is 20.5. The molecule has 29 heavy (non-hydrogen) atoms. The number of benzene rings is 3. The van der Waals surface area contributed by atoms with Crippen LogP contribution in [-0.2, 0) is 22.3 Å². The second kappa shape index (κ2) is 9.77. The van der Waals surface area contributed by atoms with E-state index in [9.17, 15) is 18.4 Å². The highest BCUT2D eigenvalue weighted by molar-refractivity contribution is 7.79. The monoisotopic (exact) mass is 408 g/mol. The highest BCUT2D eigenvalue weighted by atomic mass is 32.2. The Morgan fingerprint density at radius 2 is 1.55 bits per heavy atom. The Morgan fingerprint density at radius 1 is 0.897 bits per heavy atom. The molecule has 0 saturated carbocycles. The van der Waals surface area contributed by atoms with Gasteiger partial charge in [-0.25, -0.2) is 4.21 Å². The van der Waals surface area contributed by atoms with E-state index in [-0.39, 0.29) is 10.8 Å². The molecule has 3 aromatic rings. The largest absolute Gasteiger partial charge is 0.340 e. The standard InChI is InChI=1S/C22H20N2O4S/c25-21(17-10-5-2-6-11-17)24-20(14-16-8-3-1-4-9-16)22(26)23-18-12-7-13-19(15-18)29(27)28/h1-13,15,20H,14H2,(H,23,26)(H,24,25)(H,27,28). The van der Waals surface area contributed by atoms with Crippen molar-refractivity contribution in [3.63, 3.8) is 0 Å². The summed E-state index contributed by atoms with van der Waals surface area (Å²) in [6, 6.07) is 23.3. The van der Waals surface area contributed by atoms with Gasteiger partial charge >= 0.3 is 0 Å². The number of nitrogens with one attached hydrogen (secondary N) is 2. The minimum atomic E-state index is -2.15. The molecule has 2 atom stereocenters. The molecule has 2 unspecified atom stereocenters. The Bertz CT molecular complexity index is 1010. The molecule has 0 bridgehead atoms. The number of hydrogen-bond acceptors (Lipinski definition) is 3. The maximum atomic E-state index is 12.9. The van der Waals surface area contributed by atoms with Gasteiger partial charge in [-0.1, -0.05) is 54.6 Å². The topological polar surface area (TPSA) is 95.5 Å². The third kappa shape index (κ3) is 5.84. The van der Waals surface area contributed by atoms with E-state index < -0.39 is 23.0 Å². The first-order chi connectivity index (χ1) is 14.0. The number of carbonyl (C=O) groups is 2. The van der Waals surface area contributed by atoms with Crippen molar-refractivity contribution in [2.45, 2.75) is 17.4 Å². The fourth-order valence-corrected chi connectivity index (χ4v) is 3.22. The number of hydrogen-bond donors (Lipinski definition) is 3. The van der Waals surface area contributed by atoms with Crippen molar-refractivity contribution in [2.24, 2.45) is 0 Å². The van der Waals surface area contributed by atoms with Gasteiger partial charge in [-0.3, -0.25) is 9.59 Å². The van der Waals surface area contributed by atoms with Crippen molar-refractivity contribution < 1.29 is 18.4 Å². The molecule has 7 heteroatoms. The molecule has 0 fully saturated rings. The maximum Gasteiger partial charge on any atom is 0.251 e. The van der Waals surface area contributed by atoms with Crippen LogP contribution in [0, 0.1) is 0 Å². The van der Waals surface area contributed by atoms with E-state index in [1.54, 1.807) is 36.4 Å². The third-order valence-corrected chi connectivity index (χ3v) is 4.90. The molecule has 0 saturated heterocycles. The van der Waals surface area contributed by atoms with Crippen molar-refractivity contribution in [3.05, 3.63) is 96.1 Å². The van der Waals surface area contributed by atoms with Crippen LogP contribution >= 0.6 is 0 Å². The maximum absolute atomic E-state index is 12.9. The first kappa shape index (κ1) is 20.4. The predicted octanol–water partition coefficient (Wildman–Crippen LogP) is 3.25. The van der Waals surface area contributed by atoms with Gasteiger partial charge in [0.25, 0.3) is 5.91 Å². The molecule has 0 heterocycles. The lowest BCUT2D eigenvalue weighted by Crippen LogP contribution is -2.45. The van der Waals surface area contributed by atoms with Gasteiger partial charge in [0, 0.05) is 17.7 Å². The van der Waals surface area contributed by atoms with Crippen LogP contribution in [0.5, 0.6) is 0 Å². The molecule has 0 aliphatic heterocycles. The SMILES string of the molecule is O=C(NC(Cc1ccccc1)C(=O)Nc1cccc(S(=O)O)c1)c1ccccc1. The van der Waals surface area contributed by atoms with Crippen molar-refractivity contribution in [1.82, 2.24) is 5.32 Å². The number of amides is 2. The summed E-state index contributed by atoms with van der Waals surface area (Å²) in [6.45, 7) is 0. The van der Waals surface area contributed by atoms with E-state index >= 15 is 0 Å². The van der Waals surface area contributed by atoms with E-state index in [4.69, 9.17) is 0 Å². The van der Waals surface area contributed by atoms with Crippen molar-refractivity contribution in [2.75, 3.05) is 5.32 Å². The van der Waals surface area contributed by atoms with Gasteiger partial charge in [0.15, 0.2) is 11.1 Å². The molecule has 2 amide bonds. The van der Waals surface area contributed by atoms with Crippen LogP contribution < -0.4 is 10.6 Å². The first-order valence-electron chi connectivity index (χ1n) is 8.94. The molecule has 6 nitrogen and oxygen atoms in total. The molecule has 0 aliphatic rings. The second-order valence-electron chi connectivity index (χ2n) is 6.35. The van der Waals surface area contributed by atoms with E-state index in [0.717, 1.165) is 5.56 Å². The zero-order valence-electron chi connectivity index (χ0n) is 15.4. The highest BCUT2D eigenvalue weighted by Crippen LogP contribution is 2.14. The summed E-state index contributed by atoms with van der Waals surface area (Å²) in [5, 5.41) is 5.49. The Kier molecular flexibility index (Phi) is 6.89. The fourth-order valence-electron chi connectivity index (χ4n) is 2.80. The fraction of sp³-hybridized carbons (Fsp3) is 0.0909. The highest BCUT2D eigenvalue weighted by Gasteiger charge is 2.22. The molecule has 3 rings (SSSR count).